The Bertz CT molecular complexity index is 1310. The van der Waals surface area contributed by atoms with Crippen molar-refractivity contribution < 1.29 is 19.2 Å². The molecule has 0 atom stereocenters. The van der Waals surface area contributed by atoms with Gasteiger partial charge in [0.15, 0.2) is 6.07 Å². The van der Waals surface area contributed by atoms with Crippen LogP contribution in [0.5, 0.6) is 0 Å². The minimum absolute atomic E-state index is 0.0410. The average molecular weight is 448 g/mol. The Balaban J connectivity index is 2.12. The van der Waals surface area contributed by atoms with Crippen molar-refractivity contribution in [1.29, 1.82) is 5.26 Å². The van der Waals surface area contributed by atoms with Crippen LogP contribution in [-0.4, -0.2) is 17.7 Å². The highest BCUT2D eigenvalue weighted by Gasteiger charge is 2.31. The van der Waals surface area contributed by atoms with E-state index in [-0.39, 0.29) is 18.1 Å². The van der Waals surface area contributed by atoms with Crippen molar-refractivity contribution in [1.82, 2.24) is 0 Å². The van der Waals surface area contributed by atoms with Crippen LogP contribution in [0.15, 0.2) is 103 Å². The quantitative estimate of drug-likeness (QED) is 0.173. The standard InChI is InChI=1S/C29H22N2O3/c1-2-34-29(33)24-18-25(21-12-6-3-7-13-21)31(26(19-24)22-14-8-4-9-15-22)27(20-30)28(32)23-16-10-5-11-17-23/h3-19H,2H2,1H3/p+1. The van der Waals surface area contributed by atoms with Crippen molar-refractivity contribution in [2.75, 3.05) is 6.61 Å². The Morgan fingerprint density at radius 1 is 0.824 bits per heavy atom. The number of esters is 1. The fourth-order valence-electron chi connectivity index (χ4n) is 3.75. The van der Waals surface area contributed by atoms with Crippen molar-refractivity contribution in [3.05, 3.63) is 114 Å². The molecule has 0 amide bonds. The predicted octanol–water partition coefficient (Wildman–Crippen LogP) is 5.89. The highest BCUT2D eigenvalue weighted by atomic mass is 16.5. The molecule has 166 valence electrons. The number of benzene rings is 3. The molecule has 3 aromatic carbocycles. The van der Waals surface area contributed by atoms with Gasteiger partial charge in [0.2, 0.25) is 17.1 Å². The van der Waals surface area contributed by atoms with Gasteiger partial charge in [0.1, 0.15) is 0 Å². The summed E-state index contributed by atoms with van der Waals surface area (Å²) in [7, 11) is 0. The van der Waals surface area contributed by atoms with Gasteiger partial charge in [0.05, 0.1) is 12.2 Å². The van der Waals surface area contributed by atoms with Crippen LogP contribution in [0.25, 0.3) is 34.0 Å². The van der Waals surface area contributed by atoms with E-state index in [1.165, 1.54) is 0 Å². The molecule has 0 spiro atoms. The minimum atomic E-state index is -0.459. The normalized spacial score (nSPS) is 11.3. The zero-order valence-corrected chi connectivity index (χ0v) is 18.7. The van der Waals surface area contributed by atoms with E-state index in [2.05, 4.69) is 6.07 Å². The maximum Gasteiger partial charge on any atom is 0.338 e. The summed E-state index contributed by atoms with van der Waals surface area (Å²) in [5, 5.41) is 21.4. The predicted molar refractivity (Wildman–Crippen MR) is 131 cm³/mol. The molecule has 1 heterocycles. The molecule has 0 unspecified atom stereocenters. The number of hydrogen-bond donors (Lipinski definition) is 1. The molecule has 0 bridgehead atoms. The first-order valence-electron chi connectivity index (χ1n) is 10.9. The summed E-state index contributed by atoms with van der Waals surface area (Å²) in [4.78, 5) is 12.8. The van der Waals surface area contributed by atoms with Crippen molar-refractivity contribution in [2.45, 2.75) is 6.92 Å². The van der Waals surface area contributed by atoms with Gasteiger partial charge in [-0.25, -0.2) is 4.79 Å². The number of carbonyl (C=O) groups excluding carboxylic acids is 1. The molecule has 0 saturated carbocycles. The molecule has 0 aliphatic heterocycles. The first-order valence-corrected chi connectivity index (χ1v) is 10.9. The Labute approximate surface area is 198 Å². The number of rotatable bonds is 6. The van der Waals surface area contributed by atoms with E-state index >= 15 is 0 Å². The third kappa shape index (κ3) is 4.57. The lowest BCUT2D eigenvalue weighted by molar-refractivity contribution is -0.553. The van der Waals surface area contributed by atoms with Gasteiger partial charge in [-0.05, 0) is 31.2 Å². The summed E-state index contributed by atoms with van der Waals surface area (Å²) in [6.45, 7) is 2.00. The van der Waals surface area contributed by atoms with Crippen molar-refractivity contribution >= 4 is 17.4 Å². The van der Waals surface area contributed by atoms with Crippen LogP contribution in [0, 0.1) is 11.3 Å². The number of ether oxygens (including phenoxy) is 1. The summed E-state index contributed by atoms with van der Waals surface area (Å²) in [6.07, 6.45) is 0. The number of aromatic nitrogens is 1. The first kappa shape index (κ1) is 22.5. The average Bonchev–Trinajstić information content (AvgIpc) is 2.90. The topological polar surface area (TPSA) is 74.2 Å². The lowest BCUT2D eigenvalue weighted by Gasteiger charge is -2.12. The van der Waals surface area contributed by atoms with Crippen molar-refractivity contribution in [3.63, 3.8) is 0 Å². The highest BCUT2D eigenvalue weighted by Crippen LogP contribution is 2.27. The molecule has 0 radical (unpaired) electrons. The van der Waals surface area contributed by atoms with Crippen molar-refractivity contribution in [2.24, 2.45) is 0 Å². The minimum Gasteiger partial charge on any atom is -0.501 e. The summed E-state index contributed by atoms with van der Waals surface area (Å²) < 4.78 is 6.97. The summed E-state index contributed by atoms with van der Waals surface area (Å²) >= 11 is 0. The van der Waals surface area contributed by atoms with Crippen LogP contribution in [-0.2, 0) is 4.74 Å². The van der Waals surface area contributed by atoms with Crippen LogP contribution in [0.4, 0.5) is 0 Å². The maximum absolute atomic E-state index is 12.8. The third-order valence-electron chi connectivity index (χ3n) is 5.32. The number of hydrogen-bond acceptors (Lipinski definition) is 4. The van der Waals surface area contributed by atoms with Crippen LogP contribution in [0.3, 0.4) is 0 Å². The van der Waals surface area contributed by atoms with Gasteiger partial charge in [-0.2, -0.15) is 5.26 Å². The fraction of sp³-hybridized carbons (Fsp3) is 0.0690. The van der Waals surface area contributed by atoms with Crippen LogP contribution < -0.4 is 4.57 Å². The molecular weight excluding hydrogens is 424 g/mol. The molecule has 0 fully saturated rings. The van der Waals surface area contributed by atoms with Gasteiger partial charge in [-0.15, -0.1) is 4.57 Å². The number of pyridine rings is 1. The monoisotopic (exact) mass is 447 g/mol. The number of nitriles is 1. The zero-order valence-electron chi connectivity index (χ0n) is 18.7. The van der Waals surface area contributed by atoms with Crippen LogP contribution >= 0.6 is 0 Å². The van der Waals surface area contributed by atoms with E-state index in [0.717, 1.165) is 11.1 Å². The largest absolute Gasteiger partial charge is 0.501 e. The van der Waals surface area contributed by atoms with Gasteiger partial charge in [-0.1, -0.05) is 66.7 Å². The second kappa shape index (κ2) is 10.3. The third-order valence-corrected chi connectivity index (χ3v) is 5.32. The van der Waals surface area contributed by atoms with E-state index in [0.29, 0.717) is 22.5 Å². The number of nitrogens with zero attached hydrogens (tertiary/aromatic N) is 2. The Morgan fingerprint density at radius 2 is 1.29 bits per heavy atom. The van der Waals surface area contributed by atoms with E-state index in [1.54, 1.807) is 47.9 Å². The molecule has 0 aliphatic rings. The molecule has 34 heavy (non-hydrogen) atoms. The van der Waals surface area contributed by atoms with E-state index in [4.69, 9.17) is 4.74 Å². The zero-order chi connectivity index (χ0) is 23.9. The summed E-state index contributed by atoms with van der Waals surface area (Å²) in [5.74, 6) is -0.620. The first-order chi connectivity index (χ1) is 16.6. The second-order valence-electron chi connectivity index (χ2n) is 7.48. The lowest BCUT2D eigenvalue weighted by Crippen LogP contribution is -2.38. The molecule has 1 N–H and O–H groups in total. The number of aliphatic hydroxyl groups excluding tert-OH is 1. The summed E-state index contributed by atoms with van der Waals surface area (Å²) in [5.41, 5.74) is 3.61. The second-order valence-corrected chi connectivity index (χ2v) is 7.48. The molecule has 4 rings (SSSR count). The molecule has 5 nitrogen and oxygen atoms in total. The molecule has 0 aliphatic carbocycles. The van der Waals surface area contributed by atoms with E-state index in [9.17, 15) is 15.2 Å². The molecule has 5 heteroatoms. The van der Waals surface area contributed by atoms with Gasteiger partial charge >= 0.3 is 11.7 Å². The number of carbonyl (C=O) groups is 1. The number of allylic oxidation sites excluding steroid dienone is 1. The molecule has 1 aromatic heterocycles. The maximum atomic E-state index is 12.8. The van der Waals surface area contributed by atoms with Gasteiger partial charge in [-0.3, -0.25) is 0 Å². The van der Waals surface area contributed by atoms with Gasteiger partial charge in [0.25, 0.3) is 0 Å². The van der Waals surface area contributed by atoms with E-state index < -0.39 is 5.97 Å². The Hall–Kier alpha value is -4.69. The van der Waals surface area contributed by atoms with Gasteiger partial charge in [0, 0.05) is 28.8 Å². The fourth-order valence-corrected chi connectivity index (χ4v) is 3.75. The van der Waals surface area contributed by atoms with Crippen LogP contribution in [0.2, 0.25) is 0 Å². The van der Waals surface area contributed by atoms with Gasteiger partial charge < -0.3 is 9.84 Å². The van der Waals surface area contributed by atoms with Crippen molar-refractivity contribution in [3.8, 4) is 28.6 Å². The molecule has 0 saturated heterocycles. The SMILES string of the molecule is CCOC(=O)c1cc(-c2ccccc2)[n+](C(C#N)=C(O)c2ccccc2)c(-c2ccccc2)c1. The lowest BCUT2D eigenvalue weighted by atomic mass is 10.0. The summed E-state index contributed by atoms with van der Waals surface area (Å²) in [6, 6.07) is 33.4. The Morgan fingerprint density at radius 3 is 1.74 bits per heavy atom. The van der Waals surface area contributed by atoms with E-state index in [1.807, 2.05) is 66.7 Å². The van der Waals surface area contributed by atoms with Crippen LogP contribution in [0.1, 0.15) is 22.8 Å². The smallest absolute Gasteiger partial charge is 0.338 e. The highest BCUT2D eigenvalue weighted by molar-refractivity contribution is 5.92. The molecule has 4 aromatic rings. The Kier molecular flexibility index (Phi) is 6.81. The molecular formula is C29H23N2O3+. The number of aliphatic hydroxyl groups is 1.